The summed E-state index contributed by atoms with van der Waals surface area (Å²) >= 11 is 0. The van der Waals surface area contributed by atoms with Crippen LogP contribution in [0.3, 0.4) is 0 Å². The Balaban J connectivity index is 2.65. The molecule has 2 aromatic rings. The number of carbonyl (C=O) groups is 1. The van der Waals surface area contributed by atoms with E-state index in [4.69, 9.17) is 9.47 Å². The Kier molecular flexibility index (Phi) is 3.85. The number of carbonyl (C=O) groups excluding carboxylic acids is 1. The van der Waals surface area contributed by atoms with Gasteiger partial charge in [-0.1, -0.05) is 18.2 Å². The molecular weight excluding hydrogens is 240 g/mol. The molecule has 3 heteroatoms. The molecule has 0 saturated carbocycles. The average Bonchev–Trinajstić information content (AvgIpc) is 2.46. The van der Waals surface area contributed by atoms with Gasteiger partial charge in [0.2, 0.25) is 0 Å². The van der Waals surface area contributed by atoms with E-state index >= 15 is 0 Å². The molecule has 0 radical (unpaired) electrons. The van der Waals surface area contributed by atoms with E-state index < -0.39 is 0 Å². The van der Waals surface area contributed by atoms with Gasteiger partial charge in [0.25, 0.3) is 0 Å². The Bertz CT molecular complexity index is 603. The summed E-state index contributed by atoms with van der Waals surface area (Å²) in [4.78, 5) is 11.5. The summed E-state index contributed by atoms with van der Waals surface area (Å²) in [5.74, 6) is 1.50. The highest BCUT2D eigenvalue weighted by Crippen LogP contribution is 2.36. The highest BCUT2D eigenvalue weighted by atomic mass is 16.5. The number of methoxy groups -OCH3 is 2. The third kappa shape index (κ3) is 2.60. The maximum absolute atomic E-state index is 11.5. The number of para-hydroxylation sites is 1. The van der Waals surface area contributed by atoms with Crippen molar-refractivity contribution >= 4 is 5.78 Å². The van der Waals surface area contributed by atoms with Gasteiger partial charge < -0.3 is 9.47 Å². The first-order valence-corrected chi connectivity index (χ1v) is 5.99. The van der Waals surface area contributed by atoms with E-state index in [0.29, 0.717) is 5.56 Å². The second-order valence-corrected chi connectivity index (χ2v) is 4.17. The fourth-order valence-electron chi connectivity index (χ4n) is 2.00. The zero-order valence-corrected chi connectivity index (χ0v) is 11.3. The van der Waals surface area contributed by atoms with Crippen LogP contribution in [-0.2, 0) is 0 Å². The van der Waals surface area contributed by atoms with Crippen molar-refractivity contribution in [3.05, 3.63) is 48.0 Å². The van der Waals surface area contributed by atoms with Gasteiger partial charge in [0.1, 0.15) is 11.5 Å². The molecule has 0 N–H and O–H groups in total. The molecule has 0 atom stereocenters. The molecule has 2 rings (SSSR count). The highest BCUT2D eigenvalue weighted by Gasteiger charge is 2.12. The Morgan fingerprint density at radius 2 is 1.53 bits per heavy atom. The molecule has 19 heavy (non-hydrogen) atoms. The molecule has 0 aliphatic rings. The summed E-state index contributed by atoms with van der Waals surface area (Å²) in [7, 11) is 3.24. The lowest BCUT2D eigenvalue weighted by Gasteiger charge is -2.13. The first kappa shape index (κ1) is 13.1. The average molecular weight is 256 g/mol. The van der Waals surface area contributed by atoms with Gasteiger partial charge in [-0.2, -0.15) is 0 Å². The smallest absolute Gasteiger partial charge is 0.159 e. The molecule has 0 fully saturated rings. The molecule has 3 nitrogen and oxygen atoms in total. The zero-order valence-electron chi connectivity index (χ0n) is 11.3. The zero-order chi connectivity index (χ0) is 13.8. The van der Waals surface area contributed by atoms with Crippen molar-refractivity contribution in [2.24, 2.45) is 0 Å². The summed E-state index contributed by atoms with van der Waals surface area (Å²) in [6.45, 7) is 1.55. The van der Waals surface area contributed by atoms with Gasteiger partial charge >= 0.3 is 0 Å². The Morgan fingerprint density at radius 3 is 2.16 bits per heavy atom. The van der Waals surface area contributed by atoms with Gasteiger partial charge in [-0.05, 0) is 31.2 Å². The number of hydrogen-bond acceptors (Lipinski definition) is 3. The Hall–Kier alpha value is -2.29. The minimum absolute atomic E-state index is 0.0267. The summed E-state index contributed by atoms with van der Waals surface area (Å²) < 4.78 is 10.7. The topological polar surface area (TPSA) is 35.5 Å². The fraction of sp³-hybridized carbons (Fsp3) is 0.188. The van der Waals surface area contributed by atoms with Crippen LogP contribution in [0.2, 0.25) is 0 Å². The lowest BCUT2D eigenvalue weighted by molar-refractivity contribution is 0.101. The molecular formula is C16H16O3. The molecule has 2 aromatic carbocycles. The van der Waals surface area contributed by atoms with Crippen LogP contribution in [0.1, 0.15) is 17.3 Å². The number of benzene rings is 2. The first-order chi connectivity index (χ1) is 9.17. The van der Waals surface area contributed by atoms with E-state index in [0.717, 1.165) is 22.6 Å². The molecule has 98 valence electrons. The SMILES string of the molecule is COc1ccccc1-c1cc(C(C)=O)ccc1OC. The predicted octanol–water partition coefficient (Wildman–Crippen LogP) is 3.57. The number of ketones is 1. The summed E-state index contributed by atoms with van der Waals surface area (Å²) in [5.41, 5.74) is 2.42. The van der Waals surface area contributed by atoms with Gasteiger partial charge in [0.15, 0.2) is 5.78 Å². The van der Waals surface area contributed by atoms with Crippen molar-refractivity contribution in [1.29, 1.82) is 0 Å². The number of hydrogen-bond donors (Lipinski definition) is 0. The molecule has 0 amide bonds. The van der Waals surface area contributed by atoms with Crippen molar-refractivity contribution in [2.75, 3.05) is 14.2 Å². The number of rotatable bonds is 4. The van der Waals surface area contributed by atoms with Crippen molar-refractivity contribution in [3.63, 3.8) is 0 Å². The van der Waals surface area contributed by atoms with E-state index in [1.807, 2.05) is 30.3 Å². The normalized spacial score (nSPS) is 10.1. The van der Waals surface area contributed by atoms with E-state index in [2.05, 4.69) is 0 Å². The van der Waals surface area contributed by atoms with Crippen molar-refractivity contribution < 1.29 is 14.3 Å². The highest BCUT2D eigenvalue weighted by molar-refractivity contribution is 5.96. The quantitative estimate of drug-likeness (QED) is 0.784. The van der Waals surface area contributed by atoms with Crippen molar-refractivity contribution in [3.8, 4) is 22.6 Å². The van der Waals surface area contributed by atoms with Crippen LogP contribution in [0, 0.1) is 0 Å². The second kappa shape index (κ2) is 5.57. The van der Waals surface area contributed by atoms with Gasteiger partial charge in [0.05, 0.1) is 14.2 Å². The fourth-order valence-corrected chi connectivity index (χ4v) is 2.00. The van der Waals surface area contributed by atoms with Crippen LogP contribution in [0.5, 0.6) is 11.5 Å². The second-order valence-electron chi connectivity index (χ2n) is 4.17. The largest absolute Gasteiger partial charge is 0.496 e. The van der Waals surface area contributed by atoms with Crippen LogP contribution in [0.15, 0.2) is 42.5 Å². The first-order valence-electron chi connectivity index (χ1n) is 5.99. The van der Waals surface area contributed by atoms with E-state index in [1.165, 1.54) is 0 Å². The molecule has 0 saturated heterocycles. The van der Waals surface area contributed by atoms with Crippen molar-refractivity contribution in [1.82, 2.24) is 0 Å². The van der Waals surface area contributed by atoms with Crippen molar-refractivity contribution in [2.45, 2.75) is 6.92 Å². The molecule has 0 unspecified atom stereocenters. The molecule has 0 heterocycles. The van der Waals surface area contributed by atoms with Gasteiger partial charge in [-0.15, -0.1) is 0 Å². The molecule has 0 aliphatic heterocycles. The standard InChI is InChI=1S/C16H16O3/c1-11(17)12-8-9-16(19-3)14(10-12)13-6-4-5-7-15(13)18-2/h4-10H,1-3H3. The maximum Gasteiger partial charge on any atom is 0.159 e. The third-order valence-corrected chi connectivity index (χ3v) is 3.00. The van der Waals surface area contributed by atoms with E-state index in [9.17, 15) is 4.79 Å². The van der Waals surface area contributed by atoms with Crippen LogP contribution in [-0.4, -0.2) is 20.0 Å². The monoisotopic (exact) mass is 256 g/mol. The third-order valence-electron chi connectivity index (χ3n) is 3.00. The van der Waals surface area contributed by atoms with Crippen LogP contribution in [0.4, 0.5) is 0 Å². The maximum atomic E-state index is 11.5. The van der Waals surface area contributed by atoms with Gasteiger partial charge in [0, 0.05) is 16.7 Å². The van der Waals surface area contributed by atoms with Crippen LogP contribution in [0.25, 0.3) is 11.1 Å². The summed E-state index contributed by atoms with van der Waals surface area (Å²) in [6.07, 6.45) is 0. The van der Waals surface area contributed by atoms with Gasteiger partial charge in [-0.25, -0.2) is 0 Å². The van der Waals surface area contributed by atoms with E-state index in [1.54, 1.807) is 33.3 Å². The molecule has 0 spiro atoms. The lowest BCUT2D eigenvalue weighted by Crippen LogP contribution is -1.96. The minimum Gasteiger partial charge on any atom is -0.496 e. The summed E-state index contributed by atoms with van der Waals surface area (Å²) in [6, 6.07) is 13.1. The Morgan fingerprint density at radius 1 is 0.895 bits per heavy atom. The molecule has 0 aliphatic carbocycles. The Labute approximate surface area is 112 Å². The predicted molar refractivity (Wildman–Crippen MR) is 75.0 cm³/mol. The number of ether oxygens (including phenoxy) is 2. The molecule has 0 bridgehead atoms. The lowest BCUT2D eigenvalue weighted by atomic mass is 9.99. The van der Waals surface area contributed by atoms with Crippen LogP contribution >= 0.6 is 0 Å². The van der Waals surface area contributed by atoms with E-state index in [-0.39, 0.29) is 5.78 Å². The minimum atomic E-state index is 0.0267. The van der Waals surface area contributed by atoms with Gasteiger partial charge in [-0.3, -0.25) is 4.79 Å². The molecule has 0 aromatic heterocycles. The number of Topliss-reactive ketones (excluding diaryl/α,β-unsaturated/α-hetero) is 1. The summed E-state index contributed by atoms with van der Waals surface area (Å²) in [5, 5.41) is 0. The van der Waals surface area contributed by atoms with Crippen LogP contribution < -0.4 is 9.47 Å².